The molecule has 0 bridgehead atoms. The van der Waals surface area contributed by atoms with Crippen molar-refractivity contribution in [1.82, 2.24) is 9.55 Å². The van der Waals surface area contributed by atoms with Gasteiger partial charge in [0.2, 0.25) is 0 Å². The molecule has 3 rings (SSSR count). The van der Waals surface area contributed by atoms with E-state index in [0.29, 0.717) is 40.0 Å². The van der Waals surface area contributed by atoms with E-state index >= 15 is 0 Å². The number of nitrogens with zero attached hydrogens (tertiary/aromatic N) is 2. The summed E-state index contributed by atoms with van der Waals surface area (Å²) in [4.78, 5) is 17.6. The summed E-state index contributed by atoms with van der Waals surface area (Å²) in [6.45, 7) is 0.899. The predicted molar refractivity (Wildman–Crippen MR) is 107 cm³/mol. The monoisotopic (exact) mass is 438 g/mol. The summed E-state index contributed by atoms with van der Waals surface area (Å²) in [5, 5.41) is 1.97. The van der Waals surface area contributed by atoms with E-state index in [0.717, 1.165) is 10.0 Å². The SMILES string of the molecule is COCCn1c(SCc2ccccc2Cl)nc2ccc(Br)cc2c1=O. The first kappa shape index (κ1) is 18.5. The molecule has 7 heteroatoms. The average Bonchev–Trinajstić information content (AvgIpc) is 2.61. The lowest BCUT2D eigenvalue weighted by Crippen LogP contribution is -2.25. The maximum Gasteiger partial charge on any atom is 0.262 e. The van der Waals surface area contributed by atoms with E-state index in [1.165, 1.54) is 11.8 Å². The number of hydrogen-bond donors (Lipinski definition) is 0. The Morgan fingerprint density at radius 3 is 2.84 bits per heavy atom. The fourth-order valence-corrected chi connectivity index (χ4v) is 4.09. The van der Waals surface area contributed by atoms with Gasteiger partial charge in [0.15, 0.2) is 5.16 Å². The molecular formula is C18H16BrClN2O2S. The third-order valence-corrected chi connectivity index (χ3v) is 5.60. The van der Waals surface area contributed by atoms with Crippen molar-refractivity contribution in [3.8, 4) is 0 Å². The van der Waals surface area contributed by atoms with E-state index in [-0.39, 0.29) is 5.56 Å². The lowest BCUT2D eigenvalue weighted by Gasteiger charge is -2.13. The highest BCUT2D eigenvalue weighted by Gasteiger charge is 2.13. The van der Waals surface area contributed by atoms with Crippen molar-refractivity contribution < 1.29 is 4.74 Å². The van der Waals surface area contributed by atoms with Gasteiger partial charge in [-0.3, -0.25) is 9.36 Å². The second-order valence-electron chi connectivity index (χ2n) is 5.39. The smallest absolute Gasteiger partial charge is 0.262 e. The predicted octanol–water partition coefficient (Wildman–Crippen LogP) is 4.75. The van der Waals surface area contributed by atoms with Crippen LogP contribution >= 0.6 is 39.3 Å². The third-order valence-electron chi connectivity index (χ3n) is 3.71. The maximum atomic E-state index is 12.9. The summed E-state index contributed by atoms with van der Waals surface area (Å²) < 4.78 is 7.67. The Hall–Kier alpha value is -1.34. The van der Waals surface area contributed by atoms with Crippen LogP contribution in [0.1, 0.15) is 5.56 Å². The van der Waals surface area contributed by atoms with Crippen LogP contribution in [0.15, 0.2) is 56.9 Å². The topological polar surface area (TPSA) is 44.1 Å². The van der Waals surface area contributed by atoms with E-state index in [2.05, 4.69) is 20.9 Å². The first-order valence-corrected chi connectivity index (χ1v) is 9.81. The number of ether oxygens (including phenoxy) is 1. The molecule has 2 aromatic carbocycles. The van der Waals surface area contributed by atoms with Crippen molar-refractivity contribution in [3.63, 3.8) is 0 Å². The molecule has 0 radical (unpaired) electrons. The van der Waals surface area contributed by atoms with E-state index in [1.54, 1.807) is 17.7 Å². The summed E-state index contributed by atoms with van der Waals surface area (Å²) in [5.74, 6) is 0.640. The highest BCUT2D eigenvalue weighted by atomic mass is 79.9. The molecule has 0 N–H and O–H groups in total. The zero-order chi connectivity index (χ0) is 17.8. The molecule has 0 amide bonds. The van der Waals surface area contributed by atoms with Gasteiger partial charge in [0.05, 0.1) is 24.1 Å². The van der Waals surface area contributed by atoms with Gasteiger partial charge in [-0.2, -0.15) is 0 Å². The molecule has 0 atom stereocenters. The Bertz CT molecular complexity index is 961. The molecule has 3 aromatic rings. The van der Waals surface area contributed by atoms with Crippen molar-refractivity contribution in [1.29, 1.82) is 0 Å². The van der Waals surface area contributed by atoms with Crippen LogP contribution < -0.4 is 5.56 Å². The van der Waals surface area contributed by atoms with Gasteiger partial charge in [-0.15, -0.1) is 0 Å². The molecule has 0 spiro atoms. The molecule has 1 aromatic heterocycles. The summed E-state index contributed by atoms with van der Waals surface area (Å²) in [6, 6.07) is 13.2. The largest absolute Gasteiger partial charge is 0.383 e. The van der Waals surface area contributed by atoms with Crippen LogP contribution in [0.25, 0.3) is 10.9 Å². The van der Waals surface area contributed by atoms with Crippen molar-refractivity contribution in [2.75, 3.05) is 13.7 Å². The van der Waals surface area contributed by atoms with Crippen LogP contribution in [0.4, 0.5) is 0 Å². The molecule has 0 aliphatic carbocycles. The molecule has 0 aliphatic heterocycles. The van der Waals surface area contributed by atoms with Gasteiger partial charge < -0.3 is 4.74 Å². The number of benzene rings is 2. The molecule has 1 heterocycles. The van der Waals surface area contributed by atoms with Gasteiger partial charge in [-0.1, -0.05) is 57.5 Å². The van der Waals surface area contributed by atoms with Crippen LogP contribution in [0.5, 0.6) is 0 Å². The summed E-state index contributed by atoms with van der Waals surface area (Å²) in [7, 11) is 1.62. The van der Waals surface area contributed by atoms with Crippen LogP contribution in [-0.2, 0) is 17.0 Å². The molecule has 25 heavy (non-hydrogen) atoms. The lowest BCUT2D eigenvalue weighted by atomic mass is 10.2. The molecule has 4 nitrogen and oxygen atoms in total. The number of thioether (sulfide) groups is 1. The Labute approximate surface area is 163 Å². The van der Waals surface area contributed by atoms with Gasteiger partial charge in [0.1, 0.15) is 0 Å². The van der Waals surface area contributed by atoms with E-state index in [9.17, 15) is 4.79 Å². The number of hydrogen-bond acceptors (Lipinski definition) is 4. The van der Waals surface area contributed by atoms with E-state index in [1.807, 2.05) is 36.4 Å². The van der Waals surface area contributed by atoms with Crippen molar-refractivity contribution in [3.05, 3.63) is 67.9 Å². The Balaban J connectivity index is 2.01. The zero-order valence-corrected chi connectivity index (χ0v) is 16.7. The normalized spacial score (nSPS) is 11.2. The minimum Gasteiger partial charge on any atom is -0.383 e. The van der Waals surface area contributed by atoms with Gasteiger partial charge in [0.25, 0.3) is 5.56 Å². The van der Waals surface area contributed by atoms with Crippen LogP contribution in [0.2, 0.25) is 5.02 Å². The van der Waals surface area contributed by atoms with Crippen molar-refractivity contribution >= 4 is 50.2 Å². The minimum absolute atomic E-state index is 0.0648. The second kappa shape index (κ2) is 8.36. The molecular weight excluding hydrogens is 424 g/mol. The van der Waals surface area contributed by atoms with Gasteiger partial charge in [-0.25, -0.2) is 4.98 Å². The number of halogens is 2. The van der Waals surface area contributed by atoms with Gasteiger partial charge in [-0.05, 0) is 29.8 Å². The second-order valence-corrected chi connectivity index (χ2v) is 7.65. The van der Waals surface area contributed by atoms with Gasteiger partial charge in [0, 0.05) is 22.4 Å². The van der Waals surface area contributed by atoms with Crippen LogP contribution in [0.3, 0.4) is 0 Å². The average molecular weight is 440 g/mol. The molecule has 0 aliphatic rings. The van der Waals surface area contributed by atoms with Crippen LogP contribution in [-0.4, -0.2) is 23.3 Å². The molecule has 0 saturated heterocycles. The molecule has 130 valence electrons. The first-order valence-electron chi connectivity index (χ1n) is 7.65. The number of rotatable bonds is 6. The third kappa shape index (κ3) is 4.26. The number of fused-ring (bicyclic) bond motifs is 1. The first-order chi connectivity index (χ1) is 12.1. The highest BCUT2D eigenvalue weighted by Crippen LogP contribution is 2.26. The quantitative estimate of drug-likeness (QED) is 0.411. The van der Waals surface area contributed by atoms with Crippen LogP contribution in [0, 0.1) is 0 Å². The standard InChI is InChI=1S/C18H16BrClN2O2S/c1-24-9-8-22-17(23)14-10-13(19)6-7-16(14)21-18(22)25-11-12-4-2-3-5-15(12)20/h2-7,10H,8-9,11H2,1H3. The fourth-order valence-electron chi connectivity index (χ4n) is 2.42. The highest BCUT2D eigenvalue weighted by molar-refractivity contribution is 9.10. The summed E-state index contributed by atoms with van der Waals surface area (Å²) in [5.41, 5.74) is 1.63. The van der Waals surface area contributed by atoms with E-state index < -0.39 is 0 Å². The number of aromatic nitrogens is 2. The Kier molecular flexibility index (Phi) is 6.17. The molecule has 0 fully saturated rings. The maximum absolute atomic E-state index is 12.9. The van der Waals surface area contributed by atoms with E-state index in [4.69, 9.17) is 16.3 Å². The fraction of sp³-hybridized carbons (Fsp3) is 0.222. The lowest BCUT2D eigenvalue weighted by molar-refractivity contribution is 0.183. The van der Waals surface area contributed by atoms with Gasteiger partial charge >= 0.3 is 0 Å². The number of methoxy groups -OCH3 is 1. The Morgan fingerprint density at radius 2 is 2.08 bits per heavy atom. The minimum atomic E-state index is -0.0648. The molecule has 0 unspecified atom stereocenters. The van der Waals surface area contributed by atoms with Crippen molar-refractivity contribution in [2.45, 2.75) is 17.5 Å². The molecule has 0 saturated carbocycles. The summed E-state index contributed by atoms with van der Waals surface area (Å²) in [6.07, 6.45) is 0. The Morgan fingerprint density at radius 1 is 1.28 bits per heavy atom. The van der Waals surface area contributed by atoms with Crippen molar-refractivity contribution in [2.24, 2.45) is 0 Å². The summed E-state index contributed by atoms with van der Waals surface area (Å²) >= 11 is 11.1. The zero-order valence-electron chi connectivity index (χ0n) is 13.5.